The Morgan fingerprint density at radius 3 is 0.789 bits per heavy atom. The van der Waals surface area contributed by atoms with Gasteiger partial charge < -0.3 is 14.6 Å². The van der Waals surface area contributed by atoms with Crippen LogP contribution in [0.1, 0.15) is 194 Å². The molecular weight excluding hydrogens is 468 g/mol. The van der Waals surface area contributed by atoms with Crippen LogP contribution in [0, 0.1) is 0 Å². The molecule has 38 heavy (non-hydrogen) atoms. The molecule has 0 saturated carbocycles. The fourth-order valence-corrected chi connectivity index (χ4v) is 5.28. The highest BCUT2D eigenvalue weighted by Gasteiger charge is 2.04. The summed E-state index contributed by atoms with van der Waals surface area (Å²) in [4.78, 5) is 0. The third-order valence-electron chi connectivity index (χ3n) is 7.90. The summed E-state index contributed by atoms with van der Waals surface area (Å²) in [7, 11) is 0. The second kappa shape index (κ2) is 34.9. The van der Waals surface area contributed by atoms with Crippen LogP contribution in [0.15, 0.2) is 0 Å². The molecule has 0 aromatic rings. The Hall–Kier alpha value is -0.120. The molecule has 0 unspecified atom stereocenters. The van der Waals surface area contributed by atoms with Crippen molar-refractivity contribution in [3.8, 4) is 0 Å². The summed E-state index contributed by atoms with van der Waals surface area (Å²) in [6.45, 7) is 6.95. The van der Waals surface area contributed by atoms with Crippen molar-refractivity contribution < 1.29 is 14.6 Å². The van der Waals surface area contributed by atoms with Crippen molar-refractivity contribution in [2.75, 3.05) is 26.4 Å². The van der Waals surface area contributed by atoms with Gasteiger partial charge in [0.25, 0.3) is 0 Å². The number of hydrogen-bond acceptors (Lipinski definition) is 3. The quantitative estimate of drug-likeness (QED) is 0.0825. The molecule has 0 atom stereocenters. The summed E-state index contributed by atoms with van der Waals surface area (Å²) >= 11 is 0. The number of aliphatic hydroxyl groups is 1. The van der Waals surface area contributed by atoms with Crippen molar-refractivity contribution in [3.05, 3.63) is 0 Å². The van der Waals surface area contributed by atoms with E-state index in [0.29, 0.717) is 13.2 Å². The molecule has 0 aromatic heterocycles. The molecule has 0 fully saturated rings. The lowest BCUT2D eigenvalue weighted by Crippen LogP contribution is -2.22. The lowest BCUT2D eigenvalue weighted by Gasteiger charge is -2.12. The van der Waals surface area contributed by atoms with Crippen molar-refractivity contribution in [2.45, 2.75) is 200 Å². The molecule has 1 N–H and O–H groups in total. The van der Waals surface area contributed by atoms with E-state index in [4.69, 9.17) is 9.47 Å². The topological polar surface area (TPSA) is 38.7 Å². The average Bonchev–Trinajstić information content (AvgIpc) is 2.92. The minimum atomic E-state index is -0.478. The Kier molecular flexibility index (Phi) is 34.8. The predicted molar refractivity (Wildman–Crippen MR) is 168 cm³/mol. The molecule has 0 aliphatic heterocycles. The normalized spacial score (nSPS) is 11.7. The van der Waals surface area contributed by atoms with Crippen molar-refractivity contribution in [1.82, 2.24) is 0 Å². The molecule has 0 radical (unpaired) electrons. The number of aliphatic hydroxyl groups excluding tert-OH is 1. The maximum atomic E-state index is 10.0. The van der Waals surface area contributed by atoms with Crippen LogP contribution >= 0.6 is 0 Å². The Balaban J connectivity index is 3.13. The summed E-state index contributed by atoms with van der Waals surface area (Å²) in [6, 6.07) is 0. The van der Waals surface area contributed by atoms with Crippen molar-refractivity contribution in [1.29, 1.82) is 0 Å². The molecule has 3 heteroatoms. The summed E-state index contributed by atoms with van der Waals surface area (Å²) in [5.41, 5.74) is 0. The largest absolute Gasteiger partial charge is 0.388 e. The van der Waals surface area contributed by atoms with Crippen LogP contribution < -0.4 is 0 Å². The molecule has 0 saturated heterocycles. The molecule has 0 spiro atoms. The third-order valence-corrected chi connectivity index (χ3v) is 7.90. The first-order chi connectivity index (χ1) is 18.8. The molecule has 230 valence electrons. The molecular formula is C35H72O3. The van der Waals surface area contributed by atoms with Crippen LogP contribution in [-0.2, 0) is 9.47 Å². The molecule has 0 heterocycles. The van der Waals surface area contributed by atoms with E-state index in [1.807, 2.05) is 0 Å². The lowest BCUT2D eigenvalue weighted by molar-refractivity contribution is -0.0201. The average molecular weight is 541 g/mol. The Morgan fingerprint density at radius 1 is 0.342 bits per heavy atom. The number of rotatable bonds is 34. The van der Waals surface area contributed by atoms with Crippen LogP contribution in [-0.4, -0.2) is 37.6 Å². The van der Waals surface area contributed by atoms with Crippen LogP contribution in [0.4, 0.5) is 0 Å². The van der Waals surface area contributed by atoms with Gasteiger partial charge in [0.05, 0.1) is 13.2 Å². The zero-order chi connectivity index (χ0) is 27.6. The second-order valence-corrected chi connectivity index (χ2v) is 12.0. The Morgan fingerprint density at radius 2 is 0.553 bits per heavy atom. The standard InChI is InChI=1S/C35H72O3/c1-3-5-7-9-11-13-15-17-19-21-23-25-27-29-31-37-33-35(36)34-38-32-30-28-26-24-22-20-18-16-14-12-10-8-6-4-2/h35-36H,3-34H2,1-2H3. The zero-order valence-electron chi connectivity index (χ0n) is 26.5. The SMILES string of the molecule is CCCCCCCCCCCCCCCCOCC(O)COCCCCCCCCCCCCCCCC. The van der Waals surface area contributed by atoms with Gasteiger partial charge in [0, 0.05) is 13.2 Å². The van der Waals surface area contributed by atoms with E-state index in [-0.39, 0.29) is 0 Å². The first kappa shape index (κ1) is 37.9. The first-order valence-electron chi connectivity index (χ1n) is 17.6. The Bertz CT molecular complexity index is 365. The number of ether oxygens (including phenoxy) is 2. The highest BCUT2D eigenvalue weighted by Crippen LogP contribution is 2.14. The highest BCUT2D eigenvalue weighted by atomic mass is 16.5. The van der Waals surface area contributed by atoms with E-state index in [2.05, 4.69) is 13.8 Å². The van der Waals surface area contributed by atoms with E-state index in [9.17, 15) is 5.11 Å². The third kappa shape index (κ3) is 33.9. The van der Waals surface area contributed by atoms with Crippen LogP contribution in [0.3, 0.4) is 0 Å². The van der Waals surface area contributed by atoms with Crippen molar-refractivity contribution in [3.63, 3.8) is 0 Å². The van der Waals surface area contributed by atoms with Crippen LogP contribution in [0.25, 0.3) is 0 Å². The van der Waals surface area contributed by atoms with Crippen LogP contribution in [0.2, 0.25) is 0 Å². The summed E-state index contributed by atoms with van der Waals surface area (Å²) < 4.78 is 11.3. The van der Waals surface area contributed by atoms with Gasteiger partial charge in [-0.1, -0.05) is 181 Å². The summed E-state index contributed by atoms with van der Waals surface area (Å²) in [6.07, 6.45) is 38.1. The minimum absolute atomic E-state index is 0.414. The smallest absolute Gasteiger partial charge is 0.101 e. The van der Waals surface area contributed by atoms with E-state index >= 15 is 0 Å². The van der Waals surface area contributed by atoms with Gasteiger partial charge in [-0.05, 0) is 12.8 Å². The van der Waals surface area contributed by atoms with Gasteiger partial charge in [-0.2, -0.15) is 0 Å². The van der Waals surface area contributed by atoms with Gasteiger partial charge in [0.2, 0.25) is 0 Å². The maximum Gasteiger partial charge on any atom is 0.101 e. The fourth-order valence-electron chi connectivity index (χ4n) is 5.28. The van der Waals surface area contributed by atoms with Gasteiger partial charge in [-0.3, -0.25) is 0 Å². The van der Waals surface area contributed by atoms with Gasteiger partial charge in [0.15, 0.2) is 0 Å². The molecule has 0 bridgehead atoms. The number of hydrogen-bond donors (Lipinski definition) is 1. The van der Waals surface area contributed by atoms with Gasteiger partial charge >= 0.3 is 0 Å². The number of unbranched alkanes of at least 4 members (excludes halogenated alkanes) is 26. The van der Waals surface area contributed by atoms with Crippen molar-refractivity contribution >= 4 is 0 Å². The van der Waals surface area contributed by atoms with E-state index in [1.54, 1.807) is 0 Å². The van der Waals surface area contributed by atoms with E-state index < -0.39 is 6.10 Å². The highest BCUT2D eigenvalue weighted by molar-refractivity contribution is 4.54. The second-order valence-electron chi connectivity index (χ2n) is 12.0. The molecule has 0 aromatic carbocycles. The first-order valence-corrected chi connectivity index (χ1v) is 17.6. The molecule has 0 aliphatic rings. The van der Waals surface area contributed by atoms with Gasteiger partial charge in [0.1, 0.15) is 6.10 Å². The van der Waals surface area contributed by atoms with Gasteiger partial charge in [-0.15, -0.1) is 0 Å². The fraction of sp³-hybridized carbons (Fsp3) is 1.00. The van der Waals surface area contributed by atoms with Crippen molar-refractivity contribution in [2.24, 2.45) is 0 Å². The van der Waals surface area contributed by atoms with Crippen LogP contribution in [0.5, 0.6) is 0 Å². The Labute approximate surface area is 240 Å². The van der Waals surface area contributed by atoms with E-state index in [1.165, 1.54) is 167 Å². The molecule has 0 aliphatic carbocycles. The zero-order valence-corrected chi connectivity index (χ0v) is 26.5. The monoisotopic (exact) mass is 541 g/mol. The summed E-state index contributed by atoms with van der Waals surface area (Å²) in [5.74, 6) is 0. The molecule has 3 nitrogen and oxygen atoms in total. The van der Waals surface area contributed by atoms with E-state index in [0.717, 1.165) is 26.1 Å². The van der Waals surface area contributed by atoms with Gasteiger partial charge in [-0.25, -0.2) is 0 Å². The summed E-state index contributed by atoms with van der Waals surface area (Å²) in [5, 5.41) is 10.0. The molecule has 0 rings (SSSR count). The predicted octanol–water partition coefficient (Wildman–Crippen LogP) is 11.3. The maximum absolute atomic E-state index is 10.0. The molecule has 0 amide bonds. The minimum Gasteiger partial charge on any atom is -0.388 e. The lowest BCUT2D eigenvalue weighted by atomic mass is 10.0.